The highest BCUT2D eigenvalue weighted by molar-refractivity contribution is 5.27. The molecule has 2 nitrogen and oxygen atoms in total. The Bertz CT molecular complexity index is 344. The fraction of sp³-hybridized carbons (Fsp3) is 0.615. The standard InChI is InChI=1S/C13H20N2/c1-10(2)6-11-7-12-4-5-15(3)9-13(12)14-8-11/h7-8,10H,4-6,9H2,1-3H3. The summed E-state index contributed by atoms with van der Waals surface area (Å²) in [5.74, 6) is 0.719. The second-order valence-corrected chi connectivity index (χ2v) is 5.04. The lowest BCUT2D eigenvalue weighted by atomic mass is 9.99. The molecule has 15 heavy (non-hydrogen) atoms. The fourth-order valence-electron chi connectivity index (χ4n) is 2.18. The number of likely N-dealkylation sites (N-methyl/N-ethyl adjacent to an activating group) is 1. The Morgan fingerprint density at radius 1 is 1.47 bits per heavy atom. The molecule has 0 unspecified atom stereocenters. The minimum Gasteiger partial charge on any atom is -0.300 e. The third kappa shape index (κ3) is 2.57. The van der Waals surface area contributed by atoms with Gasteiger partial charge in [-0.05, 0) is 36.9 Å². The van der Waals surface area contributed by atoms with Crippen LogP contribution < -0.4 is 0 Å². The quantitative estimate of drug-likeness (QED) is 0.734. The van der Waals surface area contributed by atoms with Crippen LogP contribution in [0.25, 0.3) is 0 Å². The molecule has 82 valence electrons. The third-order valence-corrected chi connectivity index (χ3v) is 2.94. The van der Waals surface area contributed by atoms with Crippen molar-refractivity contribution >= 4 is 0 Å². The van der Waals surface area contributed by atoms with Crippen molar-refractivity contribution in [1.82, 2.24) is 9.88 Å². The number of nitrogens with zero attached hydrogens (tertiary/aromatic N) is 2. The molecule has 2 heterocycles. The molecule has 0 radical (unpaired) electrons. The van der Waals surface area contributed by atoms with Crippen molar-refractivity contribution in [3.63, 3.8) is 0 Å². The predicted octanol–water partition coefficient (Wildman–Crippen LogP) is 2.27. The van der Waals surface area contributed by atoms with Crippen LogP contribution in [-0.4, -0.2) is 23.5 Å². The van der Waals surface area contributed by atoms with E-state index in [1.807, 2.05) is 0 Å². The minimum absolute atomic E-state index is 0.719. The highest BCUT2D eigenvalue weighted by Gasteiger charge is 2.14. The van der Waals surface area contributed by atoms with Gasteiger partial charge in [0.1, 0.15) is 0 Å². The number of hydrogen-bond acceptors (Lipinski definition) is 2. The van der Waals surface area contributed by atoms with Crippen LogP contribution >= 0.6 is 0 Å². The Kier molecular flexibility index (Phi) is 3.06. The topological polar surface area (TPSA) is 16.1 Å². The highest BCUT2D eigenvalue weighted by atomic mass is 15.1. The molecular formula is C13H20N2. The molecule has 0 saturated carbocycles. The summed E-state index contributed by atoms with van der Waals surface area (Å²) < 4.78 is 0. The van der Waals surface area contributed by atoms with E-state index in [-0.39, 0.29) is 0 Å². The first-order chi connectivity index (χ1) is 7.15. The summed E-state index contributed by atoms with van der Waals surface area (Å²) in [6, 6.07) is 2.36. The Morgan fingerprint density at radius 3 is 3.00 bits per heavy atom. The van der Waals surface area contributed by atoms with E-state index in [0.717, 1.165) is 25.3 Å². The summed E-state index contributed by atoms with van der Waals surface area (Å²) in [4.78, 5) is 6.91. The van der Waals surface area contributed by atoms with Crippen molar-refractivity contribution in [2.45, 2.75) is 33.2 Å². The molecule has 2 rings (SSSR count). The van der Waals surface area contributed by atoms with Crippen LogP contribution in [0.15, 0.2) is 12.3 Å². The van der Waals surface area contributed by atoms with Crippen LogP contribution in [0.3, 0.4) is 0 Å². The van der Waals surface area contributed by atoms with E-state index in [4.69, 9.17) is 0 Å². The third-order valence-electron chi connectivity index (χ3n) is 2.94. The molecule has 0 N–H and O–H groups in total. The molecule has 0 atom stereocenters. The minimum atomic E-state index is 0.719. The number of pyridine rings is 1. The van der Waals surface area contributed by atoms with E-state index in [9.17, 15) is 0 Å². The fourth-order valence-corrected chi connectivity index (χ4v) is 2.18. The lowest BCUT2D eigenvalue weighted by molar-refractivity contribution is 0.307. The van der Waals surface area contributed by atoms with E-state index >= 15 is 0 Å². The van der Waals surface area contributed by atoms with Gasteiger partial charge in [0.05, 0.1) is 5.69 Å². The van der Waals surface area contributed by atoms with Gasteiger partial charge in [-0.3, -0.25) is 4.98 Å². The average Bonchev–Trinajstić information content (AvgIpc) is 2.17. The molecule has 0 fully saturated rings. The van der Waals surface area contributed by atoms with Crippen LogP contribution in [0, 0.1) is 5.92 Å². The summed E-state index contributed by atoms with van der Waals surface area (Å²) in [6.07, 6.45) is 4.36. The molecule has 0 bridgehead atoms. The van der Waals surface area contributed by atoms with E-state index in [1.54, 1.807) is 0 Å². The molecule has 1 aliphatic rings. The summed E-state index contributed by atoms with van der Waals surface area (Å²) >= 11 is 0. The number of fused-ring (bicyclic) bond motifs is 1. The summed E-state index contributed by atoms with van der Waals surface area (Å²) in [5, 5.41) is 0. The molecule has 1 aliphatic heterocycles. The molecule has 0 amide bonds. The Hall–Kier alpha value is -0.890. The van der Waals surface area contributed by atoms with E-state index in [1.165, 1.54) is 23.4 Å². The van der Waals surface area contributed by atoms with Gasteiger partial charge in [0.25, 0.3) is 0 Å². The van der Waals surface area contributed by atoms with Gasteiger partial charge in [-0.25, -0.2) is 0 Å². The largest absolute Gasteiger partial charge is 0.300 e. The predicted molar refractivity (Wildman–Crippen MR) is 62.8 cm³/mol. The lowest BCUT2D eigenvalue weighted by Gasteiger charge is -2.24. The molecule has 2 heteroatoms. The first-order valence-corrected chi connectivity index (χ1v) is 5.80. The van der Waals surface area contributed by atoms with Gasteiger partial charge in [-0.2, -0.15) is 0 Å². The van der Waals surface area contributed by atoms with Crippen LogP contribution in [-0.2, 0) is 19.4 Å². The zero-order chi connectivity index (χ0) is 10.8. The Morgan fingerprint density at radius 2 is 2.27 bits per heavy atom. The van der Waals surface area contributed by atoms with Crippen LogP contribution in [0.1, 0.15) is 30.7 Å². The molecule has 1 aromatic heterocycles. The lowest BCUT2D eigenvalue weighted by Crippen LogP contribution is -2.27. The van der Waals surface area contributed by atoms with Gasteiger partial charge in [0, 0.05) is 19.3 Å². The van der Waals surface area contributed by atoms with Crippen molar-refractivity contribution in [2.24, 2.45) is 5.92 Å². The molecule has 0 aliphatic carbocycles. The average molecular weight is 204 g/mol. The maximum atomic E-state index is 4.58. The van der Waals surface area contributed by atoms with E-state index in [2.05, 4.69) is 43.0 Å². The molecule has 0 spiro atoms. The van der Waals surface area contributed by atoms with Crippen molar-refractivity contribution in [1.29, 1.82) is 0 Å². The first-order valence-electron chi connectivity index (χ1n) is 5.80. The Labute approximate surface area is 92.3 Å². The summed E-state index contributed by atoms with van der Waals surface area (Å²) in [6.45, 7) is 6.69. The Balaban J connectivity index is 2.19. The zero-order valence-electron chi connectivity index (χ0n) is 9.95. The normalized spacial score (nSPS) is 16.8. The van der Waals surface area contributed by atoms with Gasteiger partial charge >= 0.3 is 0 Å². The highest BCUT2D eigenvalue weighted by Crippen LogP contribution is 2.18. The molecular weight excluding hydrogens is 184 g/mol. The van der Waals surface area contributed by atoms with Gasteiger partial charge in [-0.15, -0.1) is 0 Å². The second kappa shape index (κ2) is 4.31. The maximum Gasteiger partial charge on any atom is 0.0576 e. The van der Waals surface area contributed by atoms with Gasteiger partial charge < -0.3 is 4.90 Å². The van der Waals surface area contributed by atoms with Gasteiger partial charge in [-0.1, -0.05) is 19.9 Å². The van der Waals surface area contributed by atoms with Crippen LogP contribution in [0.4, 0.5) is 0 Å². The van der Waals surface area contributed by atoms with Crippen molar-refractivity contribution in [3.8, 4) is 0 Å². The van der Waals surface area contributed by atoms with Gasteiger partial charge in [0.15, 0.2) is 0 Å². The van der Waals surface area contributed by atoms with Crippen molar-refractivity contribution < 1.29 is 0 Å². The van der Waals surface area contributed by atoms with Crippen molar-refractivity contribution in [2.75, 3.05) is 13.6 Å². The second-order valence-electron chi connectivity index (χ2n) is 5.04. The summed E-state index contributed by atoms with van der Waals surface area (Å²) in [7, 11) is 2.16. The molecule has 0 saturated heterocycles. The maximum absolute atomic E-state index is 4.58. The number of hydrogen-bond donors (Lipinski definition) is 0. The monoisotopic (exact) mass is 204 g/mol. The number of rotatable bonds is 2. The SMILES string of the molecule is CC(C)Cc1cnc2c(c1)CCN(C)C2. The number of aromatic nitrogens is 1. The zero-order valence-corrected chi connectivity index (χ0v) is 9.95. The van der Waals surface area contributed by atoms with Crippen LogP contribution in [0.5, 0.6) is 0 Å². The van der Waals surface area contributed by atoms with E-state index < -0.39 is 0 Å². The molecule has 1 aromatic rings. The first kappa shape index (κ1) is 10.6. The molecule has 0 aromatic carbocycles. The smallest absolute Gasteiger partial charge is 0.0576 e. The summed E-state index contributed by atoms with van der Waals surface area (Å²) in [5.41, 5.74) is 4.14. The van der Waals surface area contributed by atoms with Crippen molar-refractivity contribution in [3.05, 3.63) is 29.1 Å². The van der Waals surface area contributed by atoms with Gasteiger partial charge in [0.2, 0.25) is 0 Å². The van der Waals surface area contributed by atoms with Crippen LogP contribution in [0.2, 0.25) is 0 Å². The van der Waals surface area contributed by atoms with E-state index in [0.29, 0.717) is 0 Å².